The maximum atomic E-state index is 12.0. The minimum Gasteiger partial charge on any atom is -0.497 e. The van der Waals surface area contributed by atoms with Crippen LogP contribution in [0.4, 0.5) is 0 Å². The van der Waals surface area contributed by atoms with Crippen LogP contribution in [-0.4, -0.2) is 30.1 Å². The van der Waals surface area contributed by atoms with Crippen LogP contribution in [0.1, 0.15) is 30.6 Å². The Morgan fingerprint density at radius 1 is 1.42 bits per heavy atom. The first kappa shape index (κ1) is 15.0. The van der Waals surface area contributed by atoms with Crippen LogP contribution < -0.4 is 10.1 Å². The Balaban J connectivity index is 2.84. The maximum absolute atomic E-state index is 12.0. The molecule has 0 fully saturated rings. The average Bonchev–Trinajstić information content (AvgIpc) is 2.43. The van der Waals surface area contributed by atoms with Crippen molar-refractivity contribution >= 4 is 11.9 Å². The molecule has 2 atom stereocenters. The Labute approximate surface area is 112 Å². The van der Waals surface area contributed by atoms with Gasteiger partial charge in [0.15, 0.2) is 0 Å². The molecule has 2 N–H and O–H groups in total. The van der Waals surface area contributed by atoms with Gasteiger partial charge in [-0.15, -0.1) is 0 Å². The maximum Gasteiger partial charge on any atom is 0.326 e. The average molecular weight is 265 g/mol. The fourth-order valence-corrected chi connectivity index (χ4v) is 1.67. The molecular formula is C14H19NO4. The lowest BCUT2D eigenvalue weighted by atomic mass is 9.99. The molecular weight excluding hydrogens is 246 g/mol. The highest BCUT2D eigenvalue weighted by Gasteiger charge is 2.25. The van der Waals surface area contributed by atoms with Gasteiger partial charge in [-0.3, -0.25) is 4.79 Å². The van der Waals surface area contributed by atoms with Crippen molar-refractivity contribution in [3.8, 4) is 5.75 Å². The van der Waals surface area contributed by atoms with Gasteiger partial charge in [-0.1, -0.05) is 26.3 Å². The fourth-order valence-electron chi connectivity index (χ4n) is 1.67. The highest BCUT2D eigenvalue weighted by atomic mass is 16.5. The second-order valence-corrected chi connectivity index (χ2v) is 4.41. The quantitative estimate of drug-likeness (QED) is 0.824. The molecule has 104 valence electrons. The van der Waals surface area contributed by atoms with Crippen LogP contribution in [0.2, 0.25) is 0 Å². The number of benzene rings is 1. The molecule has 0 saturated heterocycles. The normalized spacial score (nSPS) is 13.4. The highest BCUT2D eigenvalue weighted by molar-refractivity contribution is 5.96. The SMILES string of the molecule is CC[C@H](C)[C@H](NC(=O)c1cccc(OC)c1)C(=O)O. The van der Waals surface area contributed by atoms with E-state index in [-0.39, 0.29) is 5.92 Å². The lowest BCUT2D eigenvalue weighted by Crippen LogP contribution is -2.45. The van der Waals surface area contributed by atoms with E-state index in [1.807, 2.05) is 6.92 Å². The second-order valence-electron chi connectivity index (χ2n) is 4.41. The first-order valence-electron chi connectivity index (χ1n) is 6.17. The van der Waals surface area contributed by atoms with Crippen LogP contribution in [0, 0.1) is 5.92 Å². The number of ether oxygens (including phenoxy) is 1. The van der Waals surface area contributed by atoms with Gasteiger partial charge in [0.25, 0.3) is 5.91 Å². The molecule has 19 heavy (non-hydrogen) atoms. The van der Waals surface area contributed by atoms with Crippen molar-refractivity contribution in [1.82, 2.24) is 5.32 Å². The molecule has 5 nitrogen and oxygen atoms in total. The van der Waals surface area contributed by atoms with Crippen molar-refractivity contribution in [3.05, 3.63) is 29.8 Å². The second kappa shape index (κ2) is 6.78. The van der Waals surface area contributed by atoms with E-state index >= 15 is 0 Å². The Bertz CT molecular complexity index is 459. The third kappa shape index (κ3) is 3.98. The molecule has 0 aliphatic carbocycles. The smallest absolute Gasteiger partial charge is 0.326 e. The lowest BCUT2D eigenvalue weighted by molar-refractivity contribution is -0.140. The minimum absolute atomic E-state index is 0.132. The van der Waals surface area contributed by atoms with Gasteiger partial charge in [-0.25, -0.2) is 4.79 Å². The molecule has 1 amide bonds. The molecule has 0 aromatic heterocycles. The number of aliphatic carboxylic acids is 1. The number of carboxylic acid groups (broad SMARTS) is 1. The predicted molar refractivity (Wildman–Crippen MR) is 71.3 cm³/mol. The van der Waals surface area contributed by atoms with Crippen LogP contribution in [-0.2, 0) is 4.79 Å². The summed E-state index contributed by atoms with van der Waals surface area (Å²) in [5.41, 5.74) is 0.383. The number of hydrogen-bond acceptors (Lipinski definition) is 3. The number of hydrogen-bond donors (Lipinski definition) is 2. The van der Waals surface area contributed by atoms with Crippen molar-refractivity contribution in [2.24, 2.45) is 5.92 Å². The van der Waals surface area contributed by atoms with Crippen LogP contribution >= 0.6 is 0 Å². The van der Waals surface area contributed by atoms with Gasteiger partial charge in [0.2, 0.25) is 0 Å². The Morgan fingerprint density at radius 3 is 2.63 bits per heavy atom. The first-order chi connectivity index (χ1) is 8.99. The summed E-state index contributed by atoms with van der Waals surface area (Å²) in [6, 6.07) is 5.72. The minimum atomic E-state index is -1.02. The number of carboxylic acids is 1. The standard InChI is InChI=1S/C14H19NO4/c1-4-9(2)12(14(17)18)15-13(16)10-6-5-7-11(8-10)19-3/h5-9,12H,4H2,1-3H3,(H,15,16)(H,17,18)/t9-,12-/m0/s1. The number of carbonyl (C=O) groups is 2. The van der Waals surface area contributed by atoms with Gasteiger partial charge in [0.1, 0.15) is 11.8 Å². The molecule has 0 heterocycles. The van der Waals surface area contributed by atoms with Crippen molar-refractivity contribution in [3.63, 3.8) is 0 Å². The van der Waals surface area contributed by atoms with Gasteiger partial charge in [0.05, 0.1) is 7.11 Å². The lowest BCUT2D eigenvalue weighted by Gasteiger charge is -2.20. The van der Waals surface area contributed by atoms with Crippen LogP contribution in [0.25, 0.3) is 0 Å². The van der Waals surface area contributed by atoms with E-state index in [4.69, 9.17) is 9.84 Å². The third-order valence-electron chi connectivity index (χ3n) is 3.10. The number of amides is 1. The van der Waals surface area contributed by atoms with Gasteiger partial charge in [-0.2, -0.15) is 0 Å². The van der Waals surface area contributed by atoms with Crippen molar-refractivity contribution in [2.45, 2.75) is 26.3 Å². The zero-order valence-electron chi connectivity index (χ0n) is 11.3. The summed E-state index contributed by atoms with van der Waals surface area (Å²) in [5.74, 6) is -1.01. The molecule has 0 aliphatic rings. The molecule has 1 aromatic carbocycles. The molecule has 0 spiro atoms. The Kier molecular flexibility index (Phi) is 5.36. The summed E-state index contributed by atoms with van der Waals surface area (Å²) in [5, 5.41) is 11.7. The Morgan fingerprint density at radius 2 is 2.11 bits per heavy atom. The molecule has 0 saturated carbocycles. The topological polar surface area (TPSA) is 75.6 Å². The summed E-state index contributed by atoms with van der Waals surface area (Å²) < 4.78 is 5.03. The van der Waals surface area contributed by atoms with E-state index in [0.717, 1.165) is 0 Å². The summed E-state index contributed by atoms with van der Waals surface area (Å²) in [6.07, 6.45) is 0.676. The molecule has 1 aromatic rings. The zero-order valence-corrected chi connectivity index (χ0v) is 11.3. The molecule has 5 heteroatoms. The zero-order chi connectivity index (χ0) is 14.4. The van der Waals surface area contributed by atoms with Crippen LogP contribution in [0.5, 0.6) is 5.75 Å². The van der Waals surface area contributed by atoms with E-state index in [1.165, 1.54) is 7.11 Å². The predicted octanol–water partition coefficient (Wildman–Crippen LogP) is 1.92. The first-order valence-corrected chi connectivity index (χ1v) is 6.17. The monoisotopic (exact) mass is 265 g/mol. The number of rotatable bonds is 6. The van der Waals surface area contributed by atoms with E-state index in [2.05, 4.69) is 5.32 Å². The Hall–Kier alpha value is -2.04. The van der Waals surface area contributed by atoms with E-state index < -0.39 is 17.9 Å². The summed E-state index contributed by atoms with van der Waals surface area (Å²) in [6.45, 7) is 3.68. The molecule has 1 rings (SSSR count). The third-order valence-corrected chi connectivity index (χ3v) is 3.10. The number of methoxy groups -OCH3 is 1. The molecule has 0 unspecified atom stereocenters. The molecule has 0 bridgehead atoms. The van der Waals surface area contributed by atoms with Crippen LogP contribution in [0.3, 0.4) is 0 Å². The molecule has 0 radical (unpaired) electrons. The summed E-state index contributed by atoms with van der Waals surface area (Å²) in [7, 11) is 1.51. The van der Waals surface area contributed by atoms with E-state index in [1.54, 1.807) is 31.2 Å². The van der Waals surface area contributed by atoms with E-state index in [9.17, 15) is 9.59 Å². The molecule has 0 aliphatic heterocycles. The largest absolute Gasteiger partial charge is 0.497 e. The van der Waals surface area contributed by atoms with E-state index in [0.29, 0.717) is 17.7 Å². The summed E-state index contributed by atoms with van der Waals surface area (Å²) >= 11 is 0. The number of carbonyl (C=O) groups excluding carboxylic acids is 1. The van der Waals surface area contributed by atoms with Crippen molar-refractivity contribution in [1.29, 1.82) is 0 Å². The van der Waals surface area contributed by atoms with Gasteiger partial charge in [-0.05, 0) is 24.1 Å². The summed E-state index contributed by atoms with van der Waals surface area (Å²) in [4.78, 5) is 23.2. The highest BCUT2D eigenvalue weighted by Crippen LogP contribution is 2.14. The van der Waals surface area contributed by atoms with Gasteiger partial charge in [0, 0.05) is 5.56 Å². The van der Waals surface area contributed by atoms with Crippen molar-refractivity contribution in [2.75, 3.05) is 7.11 Å². The number of nitrogens with one attached hydrogen (secondary N) is 1. The van der Waals surface area contributed by atoms with Gasteiger partial charge >= 0.3 is 5.97 Å². The van der Waals surface area contributed by atoms with Crippen LogP contribution in [0.15, 0.2) is 24.3 Å². The van der Waals surface area contributed by atoms with Gasteiger partial charge < -0.3 is 15.2 Å². The van der Waals surface area contributed by atoms with Crippen molar-refractivity contribution < 1.29 is 19.4 Å². The fraction of sp³-hybridized carbons (Fsp3) is 0.429.